The van der Waals surface area contributed by atoms with Crippen LogP contribution in [-0.2, 0) is 16.1 Å². The van der Waals surface area contributed by atoms with Crippen molar-refractivity contribution in [3.05, 3.63) is 30.1 Å². The zero-order valence-corrected chi connectivity index (χ0v) is 17.7. The smallest absolute Gasteiger partial charge is 0.320 e. The summed E-state index contributed by atoms with van der Waals surface area (Å²) in [4.78, 5) is 35.9. The lowest BCUT2D eigenvalue weighted by molar-refractivity contribution is -0.127. The molecule has 8 heteroatoms. The number of carbonyl (C=O) groups excluding carboxylic acids is 2. The van der Waals surface area contributed by atoms with Crippen LogP contribution in [0.3, 0.4) is 0 Å². The summed E-state index contributed by atoms with van der Waals surface area (Å²) in [5, 5.41) is 3.08. The topological polar surface area (TPSA) is 78.0 Å². The van der Waals surface area contributed by atoms with Crippen LogP contribution in [0.25, 0.3) is 0 Å². The molecule has 3 fully saturated rings. The van der Waals surface area contributed by atoms with Crippen LogP contribution in [0.1, 0.15) is 31.2 Å². The second-order valence-electron chi connectivity index (χ2n) is 8.51. The maximum absolute atomic E-state index is 12.7. The van der Waals surface area contributed by atoms with E-state index in [0.29, 0.717) is 38.9 Å². The van der Waals surface area contributed by atoms with Crippen molar-refractivity contribution < 1.29 is 14.3 Å². The van der Waals surface area contributed by atoms with Gasteiger partial charge in [-0.3, -0.25) is 14.7 Å². The van der Waals surface area contributed by atoms with E-state index in [0.717, 1.165) is 57.4 Å². The standard InChI is InChI=1S/C22H33N5O3/c28-21(24-16-18-3-1-7-23-15-18)19-4-2-8-27(17-19)20-5-9-25(10-6-20)22(29)26-11-13-30-14-12-26/h1,3,7,15,19-20H,2,4-6,8-14,16-17H2,(H,24,28)/t19-/m0/s1. The van der Waals surface area contributed by atoms with Gasteiger partial charge in [0, 0.05) is 57.7 Å². The third-order valence-electron chi connectivity index (χ3n) is 6.55. The molecule has 0 aliphatic carbocycles. The van der Waals surface area contributed by atoms with E-state index in [1.165, 1.54) is 0 Å². The summed E-state index contributed by atoms with van der Waals surface area (Å²) < 4.78 is 5.35. The van der Waals surface area contributed by atoms with E-state index in [2.05, 4.69) is 15.2 Å². The molecule has 0 unspecified atom stereocenters. The van der Waals surface area contributed by atoms with Crippen molar-refractivity contribution >= 4 is 11.9 Å². The molecule has 164 valence electrons. The number of ether oxygens (including phenoxy) is 1. The molecule has 1 aromatic rings. The predicted octanol–water partition coefficient (Wildman–Crippen LogP) is 1.33. The molecule has 0 aromatic carbocycles. The number of hydrogen-bond donors (Lipinski definition) is 1. The van der Waals surface area contributed by atoms with E-state index in [1.54, 1.807) is 12.4 Å². The van der Waals surface area contributed by atoms with E-state index in [4.69, 9.17) is 4.74 Å². The molecular formula is C22H33N5O3. The number of nitrogens with zero attached hydrogens (tertiary/aromatic N) is 4. The number of nitrogens with one attached hydrogen (secondary N) is 1. The van der Waals surface area contributed by atoms with Crippen LogP contribution in [-0.4, -0.2) is 90.1 Å². The van der Waals surface area contributed by atoms with Gasteiger partial charge in [-0.05, 0) is 43.9 Å². The first-order valence-electron chi connectivity index (χ1n) is 11.2. The number of hydrogen-bond acceptors (Lipinski definition) is 5. The Bertz CT molecular complexity index is 702. The van der Waals surface area contributed by atoms with Gasteiger partial charge in [0.05, 0.1) is 19.1 Å². The SMILES string of the molecule is O=C(NCc1cccnc1)[C@H]1CCCN(C2CCN(C(=O)N3CCOCC3)CC2)C1. The highest BCUT2D eigenvalue weighted by Crippen LogP contribution is 2.24. The third kappa shape index (κ3) is 5.29. The Labute approximate surface area is 178 Å². The highest BCUT2D eigenvalue weighted by atomic mass is 16.5. The van der Waals surface area contributed by atoms with Crippen molar-refractivity contribution in [3.8, 4) is 0 Å². The summed E-state index contributed by atoms with van der Waals surface area (Å²) in [6.07, 6.45) is 7.51. The van der Waals surface area contributed by atoms with E-state index in [1.807, 2.05) is 21.9 Å². The van der Waals surface area contributed by atoms with Crippen molar-refractivity contribution in [2.75, 3.05) is 52.5 Å². The van der Waals surface area contributed by atoms with Gasteiger partial charge in [-0.15, -0.1) is 0 Å². The lowest BCUT2D eigenvalue weighted by Gasteiger charge is -2.43. The van der Waals surface area contributed by atoms with E-state index < -0.39 is 0 Å². The molecule has 0 spiro atoms. The van der Waals surface area contributed by atoms with E-state index >= 15 is 0 Å². The van der Waals surface area contributed by atoms with Gasteiger partial charge >= 0.3 is 6.03 Å². The predicted molar refractivity (Wildman–Crippen MR) is 113 cm³/mol. The normalized spacial score (nSPS) is 23.9. The van der Waals surface area contributed by atoms with E-state index in [-0.39, 0.29) is 17.9 Å². The van der Waals surface area contributed by atoms with Crippen molar-refractivity contribution in [3.63, 3.8) is 0 Å². The number of morpholine rings is 1. The number of piperidine rings is 2. The maximum atomic E-state index is 12.7. The zero-order valence-electron chi connectivity index (χ0n) is 17.7. The molecule has 3 amide bonds. The molecule has 4 heterocycles. The van der Waals surface area contributed by atoms with Crippen LogP contribution in [0.15, 0.2) is 24.5 Å². The quantitative estimate of drug-likeness (QED) is 0.803. The lowest BCUT2D eigenvalue weighted by Crippen LogP contribution is -2.54. The minimum Gasteiger partial charge on any atom is -0.378 e. The molecule has 1 aromatic heterocycles. The molecule has 1 atom stereocenters. The highest BCUT2D eigenvalue weighted by molar-refractivity contribution is 5.79. The van der Waals surface area contributed by atoms with Crippen molar-refractivity contribution in [1.82, 2.24) is 25.0 Å². The molecule has 0 saturated carbocycles. The Morgan fingerprint density at radius 2 is 1.83 bits per heavy atom. The number of pyridine rings is 1. The molecule has 30 heavy (non-hydrogen) atoms. The number of urea groups is 1. The summed E-state index contributed by atoms with van der Waals surface area (Å²) in [5.41, 5.74) is 1.02. The molecule has 1 N–H and O–H groups in total. The minimum absolute atomic E-state index is 0.0448. The third-order valence-corrected chi connectivity index (χ3v) is 6.55. The minimum atomic E-state index is 0.0448. The highest BCUT2D eigenvalue weighted by Gasteiger charge is 2.33. The van der Waals surface area contributed by atoms with Crippen LogP contribution in [0.5, 0.6) is 0 Å². The first-order chi connectivity index (χ1) is 14.7. The molecule has 8 nitrogen and oxygen atoms in total. The summed E-state index contributed by atoms with van der Waals surface area (Å²) in [6, 6.07) is 4.49. The second-order valence-corrected chi connectivity index (χ2v) is 8.51. The summed E-state index contributed by atoms with van der Waals surface area (Å²) in [5.74, 6) is 0.187. The van der Waals surface area contributed by atoms with Gasteiger partial charge < -0.3 is 19.9 Å². The van der Waals surface area contributed by atoms with Gasteiger partial charge in [-0.25, -0.2) is 4.79 Å². The van der Waals surface area contributed by atoms with Crippen LogP contribution >= 0.6 is 0 Å². The fourth-order valence-corrected chi connectivity index (χ4v) is 4.77. The number of carbonyl (C=O) groups is 2. The average molecular weight is 416 g/mol. The average Bonchev–Trinajstić information content (AvgIpc) is 2.83. The van der Waals surface area contributed by atoms with Crippen LogP contribution in [0, 0.1) is 5.92 Å². The Kier molecular flexibility index (Phi) is 7.17. The summed E-state index contributed by atoms with van der Waals surface area (Å²) >= 11 is 0. The summed E-state index contributed by atoms with van der Waals surface area (Å²) in [6.45, 7) is 6.67. The molecule has 0 bridgehead atoms. The fraction of sp³-hybridized carbons (Fsp3) is 0.682. The van der Waals surface area contributed by atoms with Crippen molar-refractivity contribution in [2.45, 2.75) is 38.3 Å². The first kappa shape index (κ1) is 21.1. The molecule has 0 radical (unpaired) electrons. The monoisotopic (exact) mass is 415 g/mol. The fourth-order valence-electron chi connectivity index (χ4n) is 4.77. The van der Waals surface area contributed by atoms with Gasteiger partial charge in [-0.1, -0.05) is 6.07 Å². The maximum Gasteiger partial charge on any atom is 0.320 e. The molecule has 3 saturated heterocycles. The molecule has 4 rings (SSSR count). The first-order valence-corrected chi connectivity index (χ1v) is 11.2. The number of amides is 3. The molecule has 3 aliphatic heterocycles. The van der Waals surface area contributed by atoms with Crippen LogP contribution < -0.4 is 5.32 Å². The van der Waals surface area contributed by atoms with Crippen molar-refractivity contribution in [2.24, 2.45) is 5.92 Å². The zero-order chi connectivity index (χ0) is 20.8. The van der Waals surface area contributed by atoms with Crippen molar-refractivity contribution in [1.29, 1.82) is 0 Å². The van der Waals surface area contributed by atoms with E-state index in [9.17, 15) is 9.59 Å². The van der Waals surface area contributed by atoms with Gasteiger partial charge in [0.2, 0.25) is 5.91 Å². The Morgan fingerprint density at radius 3 is 2.57 bits per heavy atom. The largest absolute Gasteiger partial charge is 0.378 e. The van der Waals surface area contributed by atoms with Crippen LogP contribution in [0.4, 0.5) is 4.79 Å². The van der Waals surface area contributed by atoms with Gasteiger partial charge in [0.25, 0.3) is 0 Å². The van der Waals surface area contributed by atoms with Crippen LogP contribution in [0.2, 0.25) is 0 Å². The van der Waals surface area contributed by atoms with Gasteiger partial charge in [0.1, 0.15) is 0 Å². The Morgan fingerprint density at radius 1 is 1.07 bits per heavy atom. The summed E-state index contributed by atoms with van der Waals surface area (Å²) in [7, 11) is 0. The second kappa shape index (κ2) is 10.2. The number of rotatable bonds is 4. The Hall–Kier alpha value is -2.19. The Balaban J connectivity index is 1.23. The number of likely N-dealkylation sites (tertiary alicyclic amines) is 2. The molecular weight excluding hydrogens is 382 g/mol. The molecule has 3 aliphatic rings. The van der Waals surface area contributed by atoms with Gasteiger partial charge in [0.15, 0.2) is 0 Å². The lowest BCUT2D eigenvalue weighted by atomic mass is 9.93. The number of aromatic nitrogens is 1. The van der Waals surface area contributed by atoms with Gasteiger partial charge in [-0.2, -0.15) is 0 Å².